The first-order valence-electron chi connectivity index (χ1n) is 4.28. The second-order valence-corrected chi connectivity index (χ2v) is 3.11. The second-order valence-electron chi connectivity index (χ2n) is 3.11. The Hall–Kier alpha value is -1.46. The van der Waals surface area contributed by atoms with Crippen LogP contribution in [0, 0.1) is 12.3 Å². The van der Waals surface area contributed by atoms with Crippen molar-refractivity contribution in [1.29, 1.82) is 0 Å². The van der Waals surface area contributed by atoms with Crippen LogP contribution in [0.3, 0.4) is 0 Å². The van der Waals surface area contributed by atoms with Gasteiger partial charge in [-0.05, 0) is 23.3 Å². The zero-order valence-corrected chi connectivity index (χ0v) is 7.29. The van der Waals surface area contributed by atoms with Crippen molar-refractivity contribution in [3.8, 4) is 18.1 Å². The molecule has 13 heavy (non-hydrogen) atoms. The Balaban J connectivity index is 2.37. The first-order chi connectivity index (χ1) is 6.31. The third kappa shape index (κ3) is 1.39. The molecule has 0 saturated carbocycles. The Morgan fingerprint density at radius 1 is 1.54 bits per heavy atom. The van der Waals surface area contributed by atoms with Gasteiger partial charge in [-0.25, -0.2) is 0 Å². The fourth-order valence-electron chi connectivity index (χ4n) is 1.50. The number of fused-ring (bicyclic) bond motifs is 1. The molecule has 1 unspecified atom stereocenters. The van der Waals surface area contributed by atoms with Crippen LogP contribution in [0.1, 0.15) is 17.2 Å². The van der Waals surface area contributed by atoms with E-state index in [1.165, 1.54) is 5.56 Å². The smallest absolute Gasteiger partial charge is 0.122 e. The maximum Gasteiger partial charge on any atom is 0.122 e. The van der Waals surface area contributed by atoms with Gasteiger partial charge in [0.05, 0.1) is 12.6 Å². The molecule has 2 nitrogen and oxygen atoms in total. The summed E-state index contributed by atoms with van der Waals surface area (Å²) in [5, 5.41) is 0. The summed E-state index contributed by atoms with van der Waals surface area (Å²) in [5.74, 6) is 3.48. The summed E-state index contributed by atoms with van der Waals surface area (Å²) in [6, 6.07) is 5.60. The van der Waals surface area contributed by atoms with Crippen molar-refractivity contribution >= 4 is 0 Å². The first-order valence-corrected chi connectivity index (χ1v) is 4.28. The van der Waals surface area contributed by atoms with E-state index in [0.29, 0.717) is 0 Å². The minimum atomic E-state index is -0.300. The Bertz CT molecular complexity index is 365. The summed E-state index contributed by atoms with van der Waals surface area (Å²) in [6.45, 7) is 0.768. The molecule has 1 aliphatic heterocycles. The van der Waals surface area contributed by atoms with E-state index in [0.717, 1.165) is 24.3 Å². The van der Waals surface area contributed by atoms with Gasteiger partial charge in [0.15, 0.2) is 0 Å². The van der Waals surface area contributed by atoms with Crippen LogP contribution in [0.4, 0.5) is 0 Å². The zero-order chi connectivity index (χ0) is 9.26. The number of benzene rings is 1. The molecule has 1 aromatic carbocycles. The van der Waals surface area contributed by atoms with Crippen molar-refractivity contribution in [3.63, 3.8) is 0 Å². The van der Waals surface area contributed by atoms with E-state index in [-0.39, 0.29) is 6.04 Å². The lowest BCUT2D eigenvalue weighted by Crippen LogP contribution is -2.07. The second kappa shape index (κ2) is 3.12. The highest BCUT2D eigenvalue weighted by Gasteiger charge is 2.13. The minimum absolute atomic E-state index is 0.300. The molecule has 0 amide bonds. The number of hydrogen-bond donors (Lipinski definition) is 1. The Kier molecular flexibility index (Phi) is 1.96. The quantitative estimate of drug-likeness (QED) is 0.649. The summed E-state index contributed by atoms with van der Waals surface area (Å²) in [5.41, 5.74) is 7.92. The van der Waals surface area contributed by atoms with Gasteiger partial charge in [0.25, 0.3) is 0 Å². The van der Waals surface area contributed by atoms with Gasteiger partial charge in [0.2, 0.25) is 0 Å². The van der Waals surface area contributed by atoms with Crippen LogP contribution in [0.2, 0.25) is 0 Å². The lowest BCUT2D eigenvalue weighted by molar-refractivity contribution is 0.357. The minimum Gasteiger partial charge on any atom is -0.493 e. The molecule has 1 heterocycles. The number of ether oxygens (including phenoxy) is 1. The van der Waals surface area contributed by atoms with E-state index in [9.17, 15) is 0 Å². The predicted molar refractivity (Wildman–Crippen MR) is 51.4 cm³/mol. The maximum atomic E-state index is 5.71. The molecule has 1 aliphatic rings. The van der Waals surface area contributed by atoms with Crippen LogP contribution in [0.5, 0.6) is 5.75 Å². The average molecular weight is 173 g/mol. The Morgan fingerprint density at radius 3 is 3.15 bits per heavy atom. The van der Waals surface area contributed by atoms with Crippen molar-refractivity contribution in [2.75, 3.05) is 6.61 Å². The lowest BCUT2D eigenvalue weighted by Gasteiger charge is -2.06. The summed E-state index contributed by atoms with van der Waals surface area (Å²) >= 11 is 0. The van der Waals surface area contributed by atoms with Crippen molar-refractivity contribution in [2.45, 2.75) is 12.5 Å². The van der Waals surface area contributed by atoms with Crippen LogP contribution < -0.4 is 10.5 Å². The molecule has 0 fully saturated rings. The topological polar surface area (TPSA) is 35.2 Å². The van der Waals surface area contributed by atoms with E-state index in [1.807, 2.05) is 18.2 Å². The fraction of sp³-hybridized carbons (Fsp3) is 0.273. The molecule has 2 heteroatoms. The molecular weight excluding hydrogens is 162 g/mol. The number of terminal acetylenes is 1. The SMILES string of the molecule is C#CC(N)c1ccc2c(c1)CCO2. The number of nitrogens with two attached hydrogens (primary N) is 1. The average Bonchev–Trinajstić information content (AvgIpc) is 2.63. The van der Waals surface area contributed by atoms with Gasteiger partial charge in [0, 0.05) is 6.42 Å². The first kappa shape index (κ1) is 8.15. The molecule has 2 rings (SSSR count). The normalized spacial score (nSPS) is 15.7. The van der Waals surface area contributed by atoms with Gasteiger partial charge in [-0.15, -0.1) is 6.42 Å². The molecule has 0 radical (unpaired) electrons. The van der Waals surface area contributed by atoms with Gasteiger partial charge in [-0.2, -0.15) is 0 Å². The third-order valence-electron chi connectivity index (χ3n) is 2.25. The molecule has 66 valence electrons. The number of hydrogen-bond acceptors (Lipinski definition) is 2. The van der Waals surface area contributed by atoms with Crippen molar-refractivity contribution in [2.24, 2.45) is 5.73 Å². The lowest BCUT2D eigenvalue weighted by atomic mass is 10.0. The van der Waals surface area contributed by atoms with E-state index in [2.05, 4.69) is 5.92 Å². The summed E-state index contributed by atoms with van der Waals surface area (Å²) in [4.78, 5) is 0. The molecule has 0 bridgehead atoms. The standard InChI is InChI=1S/C11H11NO/c1-2-10(12)8-3-4-11-9(7-8)5-6-13-11/h1,3-4,7,10H,5-6,12H2. The monoisotopic (exact) mass is 173 g/mol. The van der Waals surface area contributed by atoms with Gasteiger partial charge in [-0.1, -0.05) is 12.0 Å². The van der Waals surface area contributed by atoms with Crippen LogP contribution in [-0.2, 0) is 6.42 Å². The van der Waals surface area contributed by atoms with Crippen LogP contribution in [0.25, 0.3) is 0 Å². The Labute approximate surface area is 77.7 Å². The number of rotatable bonds is 1. The molecule has 2 N–H and O–H groups in total. The van der Waals surface area contributed by atoms with E-state index in [1.54, 1.807) is 0 Å². The molecule has 0 spiro atoms. The molecule has 0 aromatic heterocycles. The molecular formula is C11H11NO. The largest absolute Gasteiger partial charge is 0.493 e. The van der Waals surface area contributed by atoms with Crippen LogP contribution in [-0.4, -0.2) is 6.61 Å². The van der Waals surface area contributed by atoms with E-state index >= 15 is 0 Å². The molecule has 0 aliphatic carbocycles. The molecule has 0 saturated heterocycles. The van der Waals surface area contributed by atoms with Crippen LogP contribution in [0.15, 0.2) is 18.2 Å². The van der Waals surface area contributed by atoms with E-state index in [4.69, 9.17) is 16.9 Å². The Morgan fingerprint density at radius 2 is 2.38 bits per heavy atom. The van der Waals surface area contributed by atoms with Gasteiger partial charge in [0.1, 0.15) is 5.75 Å². The highest BCUT2D eigenvalue weighted by atomic mass is 16.5. The summed E-state index contributed by atoms with van der Waals surface area (Å²) < 4.78 is 5.37. The van der Waals surface area contributed by atoms with E-state index < -0.39 is 0 Å². The van der Waals surface area contributed by atoms with Gasteiger partial charge < -0.3 is 10.5 Å². The summed E-state index contributed by atoms with van der Waals surface area (Å²) in [6.07, 6.45) is 6.20. The molecule has 1 aromatic rings. The van der Waals surface area contributed by atoms with Crippen molar-refractivity contribution in [3.05, 3.63) is 29.3 Å². The fourth-order valence-corrected chi connectivity index (χ4v) is 1.50. The predicted octanol–water partition coefficient (Wildman–Crippen LogP) is 1.25. The summed E-state index contributed by atoms with van der Waals surface area (Å²) in [7, 11) is 0. The van der Waals surface area contributed by atoms with Crippen molar-refractivity contribution < 1.29 is 4.74 Å². The van der Waals surface area contributed by atoms with Crippen LogP contribution >= 0.6 is 0 Å². The third-order valence-corrected chi connectivity index (χ3v) is 2.25. The van der Waals surface area contributed by atoms with Gasteiger partial charge >= 0.3 is 0 Å². The zero-order valence-electron chi connectivity index (χ0n) is 7.29. The molecule has 1 atom stereocenters. The van der Waals surface area contributed by atoms with Gasteiger partial charge in [-0.3, -0.25) is 0 Å². The highest BCUT2D eigenvalue weighted by molar-refractivity contribution is 5.42. The maximum absolute atomic E-state index is 5.71. The highest BCUT2D eigenvalue weighted by Crippen LogP contribution is 2.27. The van der Waals surface area contributed by atoms with Crippen molar-refractivity contribution in [1.82, 2.24) is 0 Å².